The Balaban J connectivity index is 0.000000141. The van der Waals surface area contributed by atoms with E-state index in [9.17, 15) is 0 Å². The van der Waals surface area contributed by atoms with Crippen molar-refractivity contribution in [1.29, 1.82) is 0 Å². The Bertz CT molecular complexity index is 6810. The summed E-state index contributed by atoms with van der Waals surface area (Å²) in [6.45, 7) is 20.0. The minimum atomic E-state index is 0. The van der Waals surface area contributed by atoms with Crippen LogP contribution in [0.25, 0.3) is 192 Å². The van der Waals surface area contributed by atoms with Gasteiger partial charge in [-0.3, -0.25) is 0 Å². The molecule has 0 aliphatic rings. The molecular formula is C110H85N5Y5-10. The van der Waals surface area contributed by atoms with Crippen LogP contribution >= 0.6 is 0 Å². The molecule has 0 atom stereocenters. The van der Waals surface area contributed by atoms with Crippen LogP contribution in [-0.2, 0) is 164 Å². The predicted molar refractivity (Wildman–Crippen MR) is 490 cm³/mol. The topological polar surface area (TPSA) is 22.1 Å². The molecule has 0 bridgehead atoms. The van der Waals surface area contributed by atoms with Gasteiger partial charge in [0.2, 0.25) is 0 Å². The van der Waals surface area contributed by atoms with Gasteiger partial charge in [-0.2, -0.15) is 168 Å². The van der Waals surface area contributed by atoms with Crippen molar-refractivity contribution in [3.63, 3.8) is 0 Å². The first-order valence-electron chi connectivity index (χ1n) is 40.3. The molecule has 15 heterocycles. The fraction of sp³-hybridized carbons (Fsp3) is 0.0909. The van der Waals surface area contributed by atoms with Crippen molar-refractivity contribution in [1.82, 2.24) is 22.0 Å². The molecule has 0 amide bonds. The Labute approximate surface area is 830 Å². The largest absolute Gasteiger partial charge is 0.377 e. The summed E-state index contributed by atoms with van der Waals surface area (Å²) >= 11 is 0. The minimum Gasteiger partial charge on any atom is -0.377 e. The van der Waals surface area contributed by atoms with Gasteiger partial charge in [-0.05, 0) is 84.5 Å². The minimum absolute atomic E-state index is 0. The Kier molecular flexibility index (Phi) is 32.7. The van der Waals surface area contributed by atoms with E-state index in [2.05, 4.69) is 344 Å². The maximum Gasteiger partial charge on any atom is 0.0416 e. The summed E-state index contributed by atoms with van der Waals surface area (Å²) in [6, 6.07) is 150. The molecule has 0 saturated carbocycles. The summed E-state index contributed by atoms with van der Waals surface area (Å²) in [7, 11) is 0. The van der Waals surface area contributed by atoms with E-state index in [-0.39, 0.29) is 164 Å². The first-order valence-corrected chi connectivity index (χ1v) is 40.3. The number of pyridine rings is 5. The van der Waals surface area contributed by atoms with Crippen LogP contribution in [0, 0.1) is 60.7 Å². The van der Waals surface area contributed by atoms with Gasteiger partial charge in [-0.15, -0.1) is 48.5 Å². The molecule has 25 aromatic rings. The van der Waals surface area contributed by atoms with Crippen LogP contribution in [0.2, 0.25) is 0 Å². The van der Waals surface area contributed by atoms with Crippen molar-refractivity contribution in [2.24, 2.45) is 0 Å². The van der Waals surface area contributed by atoms with Crippen LogP contribution in [-0.4, -0.2) is 22.0 Å². The van der Waals surface area contributed by atoms with E-state index >= 15 is 0 Å². The number of rotatable bonds is 5. The number of nitrogens with zero attached hydrogens (tertiary/aromatic N) is 5. The molecule has 0 N–H and O–H groups in total. The standard InChI is InChI=1S/5C20H11N.5C2H6.5Y/c3*1-2-7-14(8-3-1)18-13-15-9-6-12-19-16-10-4-5-11-17(16)20(18)21(15)19;2*1-2-7-14(8-3-1)17-13-20-16-10-5-4-9-15(16)18-11-6-12-19(17)21(18)20;5*1-2;;;;;/h5*1-7,9-12H;5*1-2H3;;;;;/q5*-2;;;;;;;;;;. The van der Waals surface area contributed by atoms with Crippen LogP contribution < -0.4 is 0 Å². The Hall–Kier alpha value is -8.48. The Morgan fingerprint density at radius 2 is 0.367 bits per heavy atom. The molecule has 0 saturated heterocycles. The number of hydrogen-bond donors (Lipinski definition) is 0. The second-order valence-electron chi connectivity index (χ2n) is 26.5. The fourth-order valence-electron chi connectivity index (χ4n) is 16.3. The van der Waals surface area contributed by atoms with Crippen molar-refractivity contribution in [2.75, 3.05) is 0 Å². The van der Waals surface area contributed by atoms with E-state index in [0.717, 1.165) is 83.2 Å². The first-order chi connectivity index (χ1) is 57.2. The van der Waals surface area contributed by atoms with Gasteiger partial charge >= 0.3 is 0 Å². The molecule has 5 radical (unpaired) electrons. The van der Waals surface area contributed by atoms with E-state index in [1.165, 1.54) is 109 Å². The molecule has 5 nitrogen and oxygen atoms in total. The molecule has 0 spiro atoms. The molecule has 120 heavy (non-hydrogen) atoms. The third kappa shape index (κ3) is 16.9. The summed E-state index contributed by atoms with van der Waals surface area (Å²) in [6.07, 6.45) is 0. The molecule has 0 unspecified atom stereocenters. The van der Waals surface area contributed by atoms with Gasteiger partial charge in [0.05, 0.1) is 0 Å². The number of benzene rings is 10. The van der Waals surface area contributed by atoms with Gasteiger partial charge < -0.3 is 22.0 Å². The summed E-state index contributed by atoms with van der Waals surface area (Å²) in [5.41, 5.74) is 29.1. The predicted octanol–water partition coefficient (Wildman–Crippen LogP) is 29.9. The molecule has 15 aromatic heterocycles. The van der Waals surface area contributed by atoms with Crippen molar-refractivity contribution in [3.05, 3.63) is 394 Å². The number of fused-ring (bicyclic) bond motifs is 15. The van der Waals surface area contributed by atoms with Gasteiger partial charge in [0.1, 0.15) is 0 Å². The summed E-state index contributed by atoms with van der Waals surface area (Å²) in [5, 5.41) is 12.8. The zero-order valence-corrected chi connectivity index (χ0v) is 83.6. The second kappa shape index (κ2) is 42.5. The van der Waals surface area contributed by atoms with E-state index in [4.69, 9.17) is 0 Å². The molecule has 10 aromatic carbocycles. The zero-order valence-electron chi connectivity index (χ0n) is 69.4. The van der Waals surface area contributed by atoms with E-state index in [0.29, 0.717) is 0 Å². The SMILES string of the molecule is CC.CC.CC.CC.CC.[Y].[Y].[Y].[Y].[Y].[c-]1ccccc1-c1[c-]c2c3ccccc3c3cccc1n23.[c-]1ccccc1-c1[c-]c2c3ccccc3c3cccc1n23.[c-]1ccccc1-c1[c-]c2cccc3c4ccccc4c1n23.[c-]1ccccc1-c1[c-]c2cccc3c4ccccc4c1n23.[c-]1ccccc1-c1[c-]c2cccc3c4ccccc4c1n23. The zero-order chi connectivity index (χ0) is 79.1. The van der Waals surface area contributed by atoms with Gasteiger partial charge in [-0.25, -0.2) is 38.9 Å². The number of aromatic nitrogens is 5. The van der Waals surface area contributed by atoms with Crippen LogP contribution in [0.5, 0.6) is 0 Å². The maximum absolute atomic E-state index is 3.60. The first kappa shape index (κ1) is 92.2. The average Bonchev–Trinajstić information content (AvgIpc) is 1.59. The Morgan fingerprint density at radius 1 is 0.167 bits per heavy atom. The van der Waals surface area contributed by atoms with Crippen LogP contribution in [0.3, 0.4) is 0 Å². The molecular weight excluding hydrogens is 1840 g/mol. The van der Waals surface area contributed by atoms with Gasteiger partial charge in [-0.1, -0.05) is 288 Å². The smallest absolute Gasteiger partial charge is 0.0416 e. The van der Waals surface area contributed by atoms with E-state index in [1.807, 2.05) is 142 Å². The monoisotopic (exact) mass is 1920 g/mol. The maximum atomic E-state index is 3.60. The summed E-state index contributed by atoms with van der Waals surface area (Å²) in [5.74, 6) is 0. The van der Waals surface area contributed by atoms with Crippen molar-refractivity contribution in [3.8, 4) is 55.6 Å². The van der Waals surface area contributed by atoms with E-state index in [1.54, 1.807) is 0 Å². The quantitative estimate of drug-likeness (QED) is 0.153. The molecule has 575 valence electrons. The van der Waals surface area contributed by atoms with E-state index < -0.39 is 0 Å². The van der Waals surface area contributed by atoms with Crippen LogP contribution in [0.4, 0.5) is 0 Å². The Morgan fingerprint density at radius 3 is 0.617 bits per heavy atom. The van der Waals surface area contributed by atoms with Crippen LogP contribution in [0.1, 0.15) is 69.2 Å². The van der Waals surface area contributed by atoms with Crippen molar-refractivity contribution < 1.29 is 164 Å². The third-order valence-electron chi connectivity index (χ3n) is 20.7. The normalized spacial score (nSPS) is 10.6. The van der Waals surface area contributed by atoms with Crippen molar-refractivity contribution in [2.45, 2.75) is 69.2 Å². The van der Waals surface area contributed by atoms with Gasteiger partial charge in [0, 0.05) is 191 Å². The van der Waals surface area contributed by atoms with Gasteiger partial charge in [0.25, 0.3) is 0 Å². The average molecular weight is 1920 g/mol. The second-order valence-corrected chi connectivity index (χ2v) is 26.5. The summed E-state index contributed by atoms with van der Waals surface area (Å²) < 4.78 is 11.5. The van der Waals surface area contributed by atoms with Gasteiger partial charge in [0.15, 0.2) is 0 Å². The van der Waals surface area contributed by atoms with Crippen molar-refractivity contribution >= 4 is 137 Å². The number of hydrogen-bond acceptors (Lipinski definition) is 0. The molecule has 0 aliphatic carbocycles. The molecule has 10 heteroatoms. The molecule has 0 fully saturated rings. The third-order valence-corrected chi connectivity index (χ3v) is 20.7. The summed E-state index contributed by atoms with van der Waals surface area (Å²) in [4.78, 5) is 0. The molecule has 0 aliphatic heterocycles. The molecule has 25 rings (SSSR count). The van der Waals surface area contributed by atoms with Crippen LogP contribution in [0.15, 0.2) is 334 Å². The fourth-order valence-corrected chi connectivity index (χ4v) is 16.3.